The van der Waals surface area contributed by atoms with Crippen LogP contribution in [0, 0.1) is 0 Å². The van der Waals surface area contributed by atoms with Gasteiger partial charge in [-0.25, -0.2) is 4.99 Å². The van der Waals surface area contributed by atoms with Crippen LogP contribution in [-0.4, -0.2) is 70.5 Å². The highest BCUT2D eigenvalue weighted by Crippen LogP contribution is 2.16. The van der Waals surface area contributed by atoms with Crippen LogP contribution in [0.2, 0.25) is 0 Å². The van der Waals surface area contributed by atoms with E-state index in [1.165, 1.54) is 4.90 Å². The third-order valence-corrected chi connectivity index (χ3v) is 3.48. The van der Waals surface area contributed by atoms with Gasteiger partial charge in [0.1, 0.15) is 6.61 Å². The molecule has 0 saturated carbocycles. The molecule has 0 heterocycles. The van der Waals surface area contributed by atoms with Gasteiger partial charge in [0.25, 0.3) is 0 Å². The van der Waals surface area contributed by atoms with Gasteiger partial charge in [-0.1, -0.05) is 24.3 Å². The van der Waals surface area contributed by atoms with Gasteiger partial charge in [-0.05, 0) is 11.1 Å². The average molecular weight is 404 g/mol. The topological polar surface area (TPSA) is 75.2 Å². The number of hydrogen-bond acceptors (Lipinski definition) is 4. The summed E-state index contributed by atoms with van der Waals surface area (Å²) in [5.41, 5.74) is 1.51. The fourth-order valence-electron chi connectivity index (χ4n) is 1.96. The van der Waals surface area contributed by atoms with Crippen LogP contribution in [-0.2, 0) is 27.4 Å². The van der Waals surface area contributed by atoms with E-state index in [1.54, 1.807) is 45.5 Å². The lowest BCUT2D eigenvalue weighted by Crippen LogP contribution is -2.43. The first kappa shape index (κ1) is 23.7. The number of amides is 1. The second-order valence-electron chi connectivity index (χ2n) is 6.15. The van der Waals surface area contributed by atoms with E-state index in [2.05, 4.69) is 20.4 Å². The van der Waals surface area contributed by atoms with Gasteiger partial charge in [-0.15, -0.1) is 0 Å². The van der Waals surface area contributed by atoms with E-state index in [0.717, 1.165) is 5.56 Å². The minimum absolute atomic E-state index is 0.0931. The Hall–Kier alpha value is -2.33. The van der Waals surface area contributed by atoms with Crippen LogP contribution in [0.3, 0.4) is 0 Å². The molecule has 0 aliphatic heterocycles. The molecular weight excluding hydrogens is 377 g/mol. The zero-order chi connectivity index (χ0) is 21.0. The molecule has 0 fully saturated rings. The molecule has 0 radical (unpaired) electrons. The maximum Gasteiger partial charge on any atom is 0.411 e. The molecule has 0 aliphatic carbocycles. The molecule has 158 valence electrons. The summed E-state index contributed by atoms with van der Waals surface area (Å²) in [6.45, 7) is 0.0559. The number of carbonyl (C=O) groups is 1. The molecule has 1 rings (SSSR count). The number of halogens is 3. The lowest BCUT2D eigenvalue weighted by Gasteiger charge is -2.15. The molecule has 1 aromatic rings. The summed E-state index contributed by atoms with van der Waals surface area (Å²) in [7, 11) is 4.92. The summed E-state index contributed by atoms with van der Waals surface area (Å²) in [5.74, 6) is 0.370. The van der Waals surface area contributed by atoms with Crippen LogP contribution in [0.1, 0.15) is 11.1 Å². The van der Waals surface area contributed by atoms with Crippen molar-refractivity contribution >= 4 is 11.9 Å². The number of nitrogens with zero attached hydrogens (tertiary/aromatic N) is 2. The second kappa shape index (κ2) is 12.2. The Morgan fingerprint density at radius 1 is 1.14 bits per heavy atom. The number of alkyl halides is 3. The number of nitrogens with one attached hydrogen (secondary N) is 2. The fourth-order valence-corrected chi connectivity index (χ4v) is 1.96. The summed E-state index contributed by atoms with van der Waals surface area (Å²) < 4.78 is 45.9. The monoisotopic (exact) mass is 404 g/mol. The van der Waals surface area contributed by atoms with Gasteiger partial charge in [0.05, 0.1) is 26.3 Å². The highest BCUT2D eigenvalue weighted by atomic mass is 19.4. The van der Waals surface area contributed by atoms with E-state index in [1.807, 2.05) is 0 Å². The summed E-state index contributed by atoms with van der Waals surface area (Å²) in [6, 6.07) is 6.94. The van der Waals surface area contributed by atoms with Crippen molar-refractivity contribution in [2.45, 2.75) is 19.3 Å². The number of rotatable bonds is 10. The molecule has 0 atom stereocenters. The Labute approximate surface area is 162 Å². The number of likely N-dealkylation sites (N-methyl/N-ethyl adjacent to an activating group) is 1. The number of guanidine groups is 1. The van der Waals surface area contributed by atoms with Gasteiger partial charge < -0.3 is 25.0 Å². The van der Waals surface area contributed by atoms with E-state index in [0.29, 0.717) is 31.2 Å². The van der Waals surface area contributed by atoms with Crippen molar-refractivity contribution in [3.05, 3.63) is 35.4 Å². The molecule has 28 heavy (non-hydrogen) atoms. The predicted octanol–water partition coefficient (Wildman–Crippen LogP) is 1.54. The number of ether oxygens (including phenoxy) is 2. The van der Waals surface area contributed by atoms with E-state index in [9.17, 15) is 18.0 Å². The first-order chi connectivity index (χ1) is 13.2. The Morgan fingerprint density at radius 2 is 1.79 bits per heavy atom. The van der Waals surface area contributed by atoms with Crippen molar-refractivity contribution < 1.29 is 27.4 Å². The smallest absolute Gasteiger partial charge is 0.383 e. The molecule has 1 aromatic carbocycles. The Kier molecular flexibility index (Phi) is 10.3. The molecule has 0 aliphatic rings. The SMILES string of the molecule is COCCNC(=NCc1ccc(COCC(F)(F)F)cc1)NCC(=O)N(C)C. The van der Waals surface area contributed by atoms with Crippen molar-refractivity contribution in [1.29, 1.82) is 0 Å². The highest BCUT2D eigenvalue weighted by molar-refractivity contribution is 5.86. The van der Waals surface area contributed by atoms with Crippen LogP contribution in [0.5, 0.6) is 0 Å². The molecular formula is C18H27F3N4O3. The van der Waals surface area contributed by atoms with E-state index >= 15 is 0 Å². The fraction of sp³-hybridized carbons (Fsp3) is 0.556. The predicted molar refractivity (Wildman–Crippen MR) is 99.9 cm³/mol. The number of methoxy groups -OCH3 is 1. The zero-order valence-electron chi connectivity index (χ0n) is 16.3. The van der Waals surface area contributed by atoms with Crippen LogP contribution < -0.4 is 10.6 Å². The highest BCUT2D eigenvalue weighted by Gasteiger charge is 2.27. The number of carbonyl (C=O) groups excluding carboxylic acids is 1. The van der Waals surface area contributed by atoms with Crippen LogP contribution in [0.25, 0.3) is 0 Å². The molecule has 0 saturated heterocycles. The van der Waals surface area contributed by atoms with Gasteiger partial charge in [0, 0.05) is 27.7 Å². The number of aliphatic imine (C=N–C) groups is 1. The number of hydrogen-bond donors (Lipinski definition) is 2. The van der Waals surface area contributed by atoms with Gasteiger partial charge in [-0.3, -0.25) is 4.79 Å². The standard InChI is InChI=1S/C18H27F3N4O3/c1-25(2)16(26)11-24-17(22-8-9-27-3)23-10-14-4-6-15(7-5-14)12-28-13-18(19,20)21/h4-7H,8-13H2,1-3H3,(H2,22,23,24). The quantitative estimate of drug-likeness (QED) is 0.352. The first-order valence-electron chi connectivity index (χ1n) is 8.65. The lowest BCUT2D eigenvalue weighted by atomic mass is 10.1. The molecule has 0 spiro atoms. The van der Waals surface area contributed by atoms with Crippen molar-refractivity contribution in [2.24, 2.45) is 4.99 Å². The van der Waals surface area contributed by atoms with Crippen LogP contribution in [0.4, 0.5) is 13.2 Å². The van der Waals surface area contributed by atoms with Gasteiger partial charge in [0.2, 0.25) is 5.91 Å². The Balaban J connectivity index is 2.59. The normalized spacial score (nSPS) is 12.0. The van der Waals surface area contributed by atoms with Gasteiger partial charge in [0.15, 0.2) is 5.96 Å². The molecule has 0 bridgehead atoms. The summed E-state index contributed by atoms with van der Waals surface area (Å²) in [6.07, 6.45) is -4.33. The van der Waals surface area contributed by atoms with Crippen LogP contribution in [0.15, 0.2) is 29.3 Å². The molecule has 10 heteroatoms. The van der Waals surface area contributed by atoms with Crippen molar-refractivity contribution in [1.82, 2.24) is 15.5 Å². The van der Waals surface area contributed by atoms with Crippen molar-refractivity contribution in [3.8, 4) is 0 Å². The minimum atomic E-state index is -4.33. The molecule has 1 amide bonds. The summed E-state index contributed by atoms with van der Waals surface area (Å²) in [5, 5.41) is 6.00. The number of benzene rings is 1. The van der Waals surface area contributed by atoms with Crippen molar-refractivity contribution in [3.63, 3.8) is 0 Å². The van der Waals surface area contributed by atoms with E-state index in [-0.39, 0.29) is 19.1 Å². The molecule has 0 unspecified atom stereocenters. The largest absolute Gasteiger partial charge is 0.411 e. The van der Waals surface area contributed by atoms with Crippen molar-refractivity contribution in [2.75, 3.05) is 47.5 Å². The lowest BCUT2D eigenvalue weighted by molar-refractivity contribution is -0.176. The maximum absolute atomic E-state index is 12.1. The summed E-state index contributed by atoms with van der Waals surface area (Å²) >= 11 is 0. The molecule has 7 nitrogen and oxygen atoms in total. The average Bonchev–Trinajstić information content (AvgIpc) is 2.63. The second-order valence-corrected chi connectivity index (χ2v) is 6.15. The van der Waals surface area contributed by atoms with E-state index < -0.39 is 12.8 Å². The Bertz CT molecular complexity index is 619. The van der Waals surface area contributed by atoms with Gasteiger partial charge >= 0.3 is 6.18 Å². The third kappa shape index (κ3) is 10.7. The first-order valence-corrected chi connectivity index (χ1v) is 8.65. The zero-order valence-corrected chi connectivity index (χ0v) is 16.3. The third-order valence-electron chi connectivity index (χ3n) is 3.48. The Morgan fingerprint density at radius 3 is 2.36 bits per heavy atom. The summed E-state index contributed by atoms with van der Waals surface area (Å²) in [4.78, 5) is 17.6. The van der Waals surface area contributed by atoms with Crippen LogP contribution >= 0.6 is 0 Å². The maximum atomic E-state index is 12.1. The molecule has 2 N–H and O–H groups in total. The minimum Gasteiger partial charge on any atom is -0.383 e. The van der Waals surface area contributed by atoms with Gasteiger partial charge in [-0.2, -0.15) is 13.2 Å². The van der Waals surface area contributed by atoms with E-state index in [4.69, 9.17) is 4.74 Å². The molecule has 0 aromatic heterocycles.